The van der Waals surface area contributed by atoms with Crippen LogP contribution >= 0.6 is 23.1 Å². The van der Waals surface area contributed by atoms with Gasteiger partial charge in [0.1, 0.15) is 10.6 Å². The van der Waals surface area contributed by atoms with Gasteiger partial charge in [0, 0.05) is 10.6 Å². The van der Waals surface area contributed by atoms with Crippen molar-refractivity contribution in [2.24, 2.45) is 0 Å². The number of hydrogen-bond acceptors (Lipinski definition) is 6. The number of rotatable bonds is 7. The van der Waals surface area contributed by atoms with Crippen molar-refractivity contribution in [3.05, 3.63) is 74.8 Å². The normalized spacial score (nSPS) is 13.4. The molecule has 0 bridgehead atoms. The zero-order valence-electron chi connectivity index (χ0n) is 19.3. The van der Waals surface area contributed by atoms with E-state index in [1.807, 2.05) is 36.4 Å². The van der Waals surface area contributed by atoms with Crippen LogP contribution in [0.15, 0.2) is 57.0 Å². The maximum atomic E-state index is 13.6. The molecule has 1 amide bonds. The highest BCUT2D eigenvalue weighted by Crippen LogP contribution is 2.35. The molecule has 0 spiro atoms. The average Bonchev–Trinajstić information content (AvgIpc) is 3.47. The van der Waals surface area contributed by atoms with Crippen molar-refractivity contribution in [3.8, 4) is 0 Å². The number of hydrogen-bond donors (Lipinski definition) is 1. The van der Waals surface area contributed by atoms with Crippen LogP contribution in [0.3, 0.4) is 0 Å². The molecule has 3 heterocycles. The minimum atomic E-state index is -0.133. The second-order valence-electron chi connectivity index (χ2n) is 8.87. The highest BCUT2D eigenvalue weighted by molar-refractivity contribution is 7.99. The van der Waals surface area contributed by atoms with Crippen molar-refractivity contribution in [3.63, 3.8) is 0 Å². The average molecular weight is 494 g/mol. The molecule has 3 aromatic heterocycles. The number of thioether (sulfide) groups is 1. The number of fused-ring (bicyclic) bond motifs is 3. The van der Waals surface area contributed by atoms with Gasteiger partial charge in [0.05, 0.1) is 23.9 Å². The van der Waals surface area contributed by atoms with Crippen LogP contribution in [0, 0.1) is 0 Å². The van der Waals surface area contributed by atoms with E-state index >= 15 is 0 Å². The van der Waals surface area contributed by atoms with Gasteiger partial charge in [-0.2, -0.15) is 0 Å². The lowest BCUT2D eigenvalue weighted by Crippen LogP contribution is -2.25. The van der Waals surface area contributed by atoms with Crippen molar-refractivity contribution >= 4 is 44.9 Å². The number of benzene rings is 1. The van der Waals surface area contributed by atoms with Gasteiger partial charge in [-0.05, 0) is 67.0 Å². The number of thiophene rings is 1. The van der Waals surface area contributed by atoms with Gasteiger partial charge in [0.15, 0.2) is 5.16 Å². The quantitative estimate of drug-likeness (QED) is 0.259. The Balaban J connectivity index is 1.41. The van der Waals surface area contributed by atoms with Crippen molar-refractivity contribution in [2.45, 2.75) is 57.1 Å². The fourth-order valence-electron chi connectivity index (χ4n) is 4.31. The van der Waals surface area contributed by atoms with Crippen LogP contribution in [-0.4, -0.2) is 21.2 Å². The molecule has 0 unspecified atom stereocenters. The Kier molecular flexibility index (Phi) is 6.61. The molecule has 1 N–H and O–H groups in total. The van der Waals surface area contributed by atoms with E-state index in [1.165, 1.54) is 22.2 Å². The highest BCUT2D eigenvalue weighted by Gasteiger charge is 2.23. The SMILES string of the molecule is CC(C)c1ccc(NC(=O)CSc2nc3sc4c(c3c(=O)n2Cc2ccco2)CCCC4)cc1. The Hall–Kier alpha value is -2.84. The summed E-state index contributed by atoms with van der Waals surface area (Å²) in [6.45, 7) is 4.57. The number of nitrogens with one attached hydrogen (secondary N) is 1. The number of carbonyl (C=O) groups is 1. The predicted octanol–water partition coefficient (Wildman–Crippen LogP) is 5.83. The molecule has 1 aromatic carbocycles. The van der Waals surface area contributed by atoms with E-state index in [-0.39, 0.29) is 17.2 Å². The first-order valence-electron chi connectivity index (χ1n) is 11.6. The lowest BCUT2D eigenvalue weighted by atomic mass is 9.97. The molecule has 1 aliphatic rings. The second kappa shape index (κ2) is 9.80. The van der Waals surface area contributed by atoms with Crippen LogP contribution in [0.1, 0.15) is 54.4 Å². The lowest BCUT2D eigenvalue weighted by molar-refractivity contribution is -0.113. The van der Waals surface area contributed by atoms with E-state index in [0.29, 0.717) is 23.4 Å². The van der Waals surface area contributed by atoms with E-state index < -0.39 is 0 Å². The van der Waals surface area contributed by atoms with Gasteiger partial charge in [0.2, 0.25) is 5.91 Å². The summed E-state index contributed by atoms with van der Waals surface area (Å²) in [5, 5.41) is 4.22. The van der Waals surface area contributed by atoms with Gasteiger partial charge in [-0.3, -0.25) is 14.2 Å². The van der Waals surface area contributed by atoms with Crippen LogP contribution < -0.4 is 10.9 Å². The molecule has 4 aromatic rings. The fraction of sp³-hybridized carbons (Fsp3) is 0.346. The van der Waals surface area contributed by atoms with Crippen molar-refractivity contribution in [2.75, 3.05) is 11.1 Å². The van der Waals surface area contributed by atoms with Gasteiger partial charge in [-0.25, -0.2) is 4.98 Å². The Bertz CT molecular complexity index is 1370. The van der Waals surface area contributed by atoms with Crippen LogP contribution in [0.5, 0.6) is 0 Å². The third-order valence-electron chi connectivity index (χ3n) is 6.13. The van der Waals surface area contributed by atoms with Crippen molar-refractivity contribution < 1.29 is 9.21 Å². The topological polar surface area (TPSA) is 77.1 Å². The van der Waals surface area contributed by atoms with Crippen molar-refractivity contribution in [1.29, 1.82) is 0 Å². The van der Waals surface area contributed by atoms with Gasteiger partial charge in [-0.15, -0.1) is 11.3 Å². The molecule has 0 aliphatic heterocycles. The summed E-state index contributed by atoms with van der Waals surface area (Å²) in [5.41, 5.74) is 3.10. The molecule has 0 atom stereocenters. The minimum absolute atomic E-state index is 0.0482. The Labute approximate surface area is 206 Å². The first-order chi connectivity index (χ1) is 16.5. The molecule has 1 aliphatic carbocycles. The third kappa shape index (κ3) is 4.70. The Morgan fingerprint density at radius 1 is 1.21 bits per heavy atom. The third-order valence-corrected chi connectivity index (χ3v) is 8.29. The van der Waals surface area contributed by atoms with Gasteiger partial charge >= 0.3 is 0 Å². The van der Waals surface area contributed by atoms with E-state index in [2.05, 4.69) is 19.2 Å². The smallest absolute Gasteiger partial charge is 0.263 e. The molecular weight excluding hydrogens is 466 g/mol. The van der Waals surface area contributed by atoms with Crippen LogP contribution in [0.4, 0.5) is 5.69 Å². The number of amides is 1. The van der Waals surface area contributed by atoms with Gasteiger partial charge in [0.25, 0.3) is 5.56 Å². The number of furan rings is 1. The largest absolute Gasteiger partial charge is 0.467 e. The first kappa shape index (κ1) is 22.9. The fourth-order valence-corrected chi connectivity index (χ4v) is 6.41. The molecule has 0 saturated carbocycles. The molecule has 6 nitrogen and oxygen atoms in total. The Morgan fingerprint density at radius 2 is 2.00 bits per heavy atom. The number of nitrogens with zero attached hydrogens (tertiary/aromatic N) is 2. The summed E-state index contributed by atoms with van der Waals surface area (Å²) in [5.74, 6) is 1.15. The maximum absolute atomic E-state index is 13.6. The summed E-state index contributed by atoms with van der Waals surface area (Å²) in [4.78, 5) is 33.2. The number of aromatic nitrogens is 2. The summed E-state index contributed by atoms with van der Waals surface area (Å²) >= 11 is 2.91. The minimum Gasteiger partial charge on any atom is -0.467 e. The van der Waals surface area contributed by atoms with Crippen molar-refractivity contribution in [1.82, 2.24) is 9.55 Å². The monoisotopic (exact) mass is 493 g/mol. The van der Waals surface area contributed by atoms with Crippen LogP contribution in [0.2, 0.25) is 0 Å². The summed E-state index contributed by atoms with van der Waals surface area (Å²) in [6, 6.07) is 11.6. The maximum Gasteiger partial charge on any atom is 0.263 e. The van der Waals surface area contributed by atoms with E-state index in [9.17, 15) is 9.59 Å². The summed E-state index contributed by atoms with van der Waals surface area (Å²) in [7, 11) is 0. The van der Waals surface area contributed by atoms with E-state index in [1.54, 1.807) is 22.2 Å². The molecule has 5 rings (SSSR count). The molecule has 8 heteroatoms. The zero-order valence-corrected chi connectivity index (χ0v) is 20.9. The Morgan fingerprint density at radius 3 is 2.74 bits per heavy atom. The molecule has 0 fully saturated rings. The van der Waals surface area contributed by atoms with Crippen LogP contribution in [0.25, 0.3) is 10.2 Å². The highest BCUT2D eigenvalue weighted by atomic mass is 32.2. The number of carbonyl (C=O) groups excluding carboxylic acids is 1. The standard InChI is InChI=1S/C26H27N3O3S2/c1-16(2)17-9-11-18(12-10-17)27-22(30)15-33-26-28-24-23(20-7-3-4-8-21(20)34-24)25(31)29(26)14-19-6-5-13-32-19/h5-6,9-13,16H,3-4,7-8,14-15H2,1-2H3,(H,27,30). The lowest BCUT2D eigenvalue weighted by Gasteiger charge is -2.13. The predicted molar refractivity (Wildman–Crippen MR) is 138 cm³/mol. The second-order valence-corrected chi connectivity index (χ2v) is 10.9. The zero-order chi connectivity index (χ0) is 23.7. The number of anilines is 1. The number of aryl methyl sites for hydroxylation is 2. The first-order valence-corrected chi connectivity index (χ1v) is 13.4. The van der Waals surface area contributed by atoms with E-state index in [0.717, 1.165) is 47.2 Å². The van der Waals surface area contributed by atoms with Crippen LogP contribution in [-0.2, 0) is 24.2 Å². The molecular formula is C26H27N3O3S2. The molecule has 34 heavy (non-hydrogen) atoms. The molecule has 0 saturated heterocycles. The van der Waals surface area contributed by atoms with E-state index in [4.69, 9.17) is 9.40 Å². The van der Waals surface area contributed by atoms with Gasteiger partial charge in [-0.1, -0.05) is 37.7 Å². The van der Waals surface area contributed by atoms with Gasteiger partial charge < -0.3 is 9.73 Å². The summed E-state index contributed by atoms with van der Waals surface area (Å²) < 4.78 is 7.16. The summed E-state index contributed by atoms with van der Waals surface area (Å²) in [6.07, 6.45) is 5.79. The molecule has 176 valence electrons. The molecule has 0 radical (unpaired) electrons.